The zero-order valence-electron chi connectivity index (χ0n) is 21.0. The quantitative estimate of drug-likeness (QED) is 0.299. The summed E-state index contributed by atoms with van der Waals surface area (Å²) in [4.78, 5) is 40.5. The molecule has 2 N–H and O–H groups in total. The van der Waals surface area contributed by atoms with Crippen LogP contribution >= 0.6 is 12.6 Å². The third-order valence-corrected chi connectivity index (χ3v) is 5.63. The fourth-order valence-electron chi connectivity index (χ4n) is 3.56. The van der Waals surface area contributed by atoms with E-state index in [1.165, 1.54) is 0 Å². The van der Waals surface area contributed by atoms with Crippen molar-refractivity contribution < 1.29 is 19.1 Å². The molecule has 0 saturated carbocycles. The highest BCUT2D eigenvalue weighted by Gasteiger charge is 2.36. The molecule has 2 atom stereocenters. The second kappa shape index (κ2) is 11.8. The van der Waals surface area contributed by atoms with Crippen LogP contribution in [0.1, 0.15) is 49.1 Å². The summed E-state index contributed by atoms with van der Waals surface area (Å²) in [6.45, 7) is 10.7. The first-order valence-electron chi connectivity index (χ1n) is 11.2. The van der Waals surface area contributed by atoms with Crippen molar-refractivity contribution in [2.75, 3.05) is 11.1 Å². The number of ether oxygens (including phenoxy) is 1. The van der Waals surface area contributed by atoms with E-state index in [0.717, 1.165) is 21.6 Å². The molecular formula is C27H33N3O4S. The van der Waals surface area contributed by atoms with Crippen LogP contribution in [0.2, 0.25) is 0 Å². The molecular weight excluding hydrogens is 462 g/mol. The molecule has 3 amide bonds. The summed E-state index contributed by atoms with van der Waals surface area (Å²) >= 11 is 4.22. The largest absolute Gasteiger partial charge is 0.444 e. The Hall–Kier alpha value is -3.44. The lowest BCUT2D eigenvalue weighted by Crippen LogP contribution is -2.51. The van der Waals surface area contributed by atoms with E-state index in [4.69, 9.17) is 11.2 Å². The van der Waals surface area contributed by atoms with E-state index in [-0.39, 0.29) is 5.75 Å². The molecule has 0 spiro atoms. The van der Waals surface area contributed by atoms with Crippen LogP contribution in [0.5, 0.6) is 0 Å². The molecule has 35 heavy (non-hydrogen) atoms. The van der Waals surface area contributed by atoms with Gasteiger partial charge < -0.3 is 15.4 Å². The molecule has 0 aliphatic heterocycles. The standard InChI is InChI=1S/C27H33N3O4S/c1-8-30(25(32)21(16-35)28-26(33)34-27(5,6)7)23(20-15-10-9-12-17(20)2)24(31)29-22-18(3)13-11-14-19(22)4/h1,9-15,21,23,35H,16H2,2-7H3,(H,28,33)(H,29,31). The summed E-state index contributed by atoms with van der Waals surface area (Å²) in [5.41, 5.74) is 3.00. The minimum Gasteiger partial charge on any atom is -0.444 e. The van der Waals surface area contributed by atoms with E-state index >= 15 is 0 Å². The van der Waals surface area contributed by atoms with Gasteiger partial charge >= 0.3 is 6.09 Å². The number of nitrogens with zero attached hydrogens (tertiary/aromatic N) is 1. The third-order valence-electron chi connectivity index (χ3n) is 5.27. The average Bonchev–Trinajstić information content (AvgIpc) is 2.77. The van der Waals surface area contributed by atoms with Gasteiger partial charge in [0, 0.05) is 17.5 Å². The van der Waals surface area contributed by atoms with Gasteiger partial charge in [0.25, 0.3) is 11.8 Å². The number of hydrogen-bond acceptors (Lipinski definition) is 5. The molecule has 8 heteroatoms. The normalized spacial score (nSPS) is 12.6. The van der Waals surface area contributed by atoms with E-state index in [9.17, 15) is 14.4 Å². The lowest BCUT2D eigenvalue weighted by Gasteiger charge is -2.31. The first-order valence-corrected chi connectivity index (χ1v) is 11.8. The van der Waals surface area contributed by atoms with E-state index in [1.54, 1.807) is 32.9 Å². The lowest BCUT2D eigenvalue weighted by molar-refractivity contribution is -0.136. The van der Waals surface area contributed by atoms with Crippen LogP contribution in [-0.4, -0.2) is 40.2 Å². The Balaban J connectivity index is 2.46. The van der Waals surface area contributed by atoms with Crippen molar-refractivity contribution >= 4 is 36.2 Å². The number of terminal acetylenes is 1. The summed E-state index contributed by atoms with van der Waals surface area (Å²) in [5.74, 6) is -1.17. The Morgan fingerprint density at radius 1 is 1.03 bits per heavy atom. The van der Waals surface area contributed by atoms with Gasteiger partial charge in [0.15, 0.2) is 0 Å². The van der Waals surface area contributed by atoms with Crippen LogP contribution in [0, 0.1) is 33.2 Å². The van der Waals surface area contributed by atoms with Gasteiger partial charge in [-0.2, -0.15) is 12.6 Å². The van der Waals surface area contributed by atoms with E-state index in [1.807, 2.05) is 51.1 Å². The van der Waals surface area contributed by atoms with Gasteiger partial charge in [0.2, 0.25) is 0 Å². The van der Waals surface area contributed by atoms with Gasteiger partial charge in [-0.1, -0.05) is 48.9 Å². The van der Waals surface area contributed by atoms with Gasteiger partial charge in [-0.05, 0) is 63.8 Å². The minimum atomic E-state index is -1.14. The second-order valence-corrected chi connectivity index (χ2v) is 9.60. The molecule has 2 aromatic rings. The molecule has 0 saturated heterocycles. The summed E-state index contributed by atoms with van der Waals surface area (Å²) in [6.07, 6.45) is 5.00. The number of thiol groups is 1. The van der Waals surface area contributed by atoms with Crippen LogP contribution in [0.4, 0.5) is 10.5 Å². The number of hydrogen-bond donors (Lipinski definition) is 3. The van der Waals surface area contributed by atoms with Crippen molar-refractivity contribution in [1.29, 1.82) is 0 Å². The summed E-state index contributed by atoms with van der Waals surface area (Å²) in [6, 6.07) is 13.0. The van der Waals surface area contributed by atoms with Gasteiger partial charge in [-0.3, -0.25) is 14.5 Å². The van der Waals surface area contributed by atoms with E-state index in [2.05, 4.69) is 29.3 Å². The van der Waals surface area contributed by atoms with Gasteiger partial charge in [-0.25, -0.2) is 4.79 Å². The van der Waals surface area contributed by atoms with Crippen LogP contribution in [0.25, 0.3) is 0 Å². The zero-order valence-corrected chi connectivity index (χ0v) is 21.9. The predicted octanol–water partition coefficient (Wildman–Crippen LogP) is 4.53. The van der Waals surface area contributed by atoms with Crippen LogP contribution in [0.3, 0.4) is 0 Å². The SMILES string of the molecule is C#CN(C(=O)C(CS)NC(=O)OC(C)(C)C)C(C(=O)Nc1c(C)cccc1C)c1ccccc1C. The first kappa shape index (κ1) is 27.8. The summed E-state index contributed by atoms with van der Waals surface area (Å²) < 4.78 is 5.26. The molecule has 0 aliphatic rings. The van der Waals surface area contributed by atoms with Crippen molar-refractivity contribution in [1.82, 2.24) is 10.2 Å². The van der Waals surface area contributed by atoms with Gasteiger partial charge in [-0.15, -0.1) is 0 Å². The Bertz CT molecular complexity index is 1110. The maximum Gasteiger partial charge on any atom is 0.408 e. The highest BCUT2D eigenvalue weighted by Crippen LogP contribution is 2.28. The number of carbonyl (C=O) groups is 3. The highest BCUT2D eigenvalue weighted by molar-refractivity contribution is 7.80. The fraction of sp³-hybridized carbons (Fsp3) is 0.370. The smallest absolute Gasteiger partial charge is 0.408 e. The number of nitrogens with one attached hydrogen (secondary N) is 2. The second-order valence-electron chi connectivity index (χ2n) is 9.23. The van der Waals surface area contributed by atoms with Crippen molar-refractivity contribution in [3.05, 3.63) is 64.7 Å². The van der Waals surface area contributed by atoms with Crippen molar-refractivity contribution in [2.45, 2.75) is 59.2 Å². The number of benzene rings is 2. The number of aryl methyl sites for hydroxylation is 3. The molecule has 2 unspecified atom stereocenters. The molecule has 7 nitrogen and oxygen atoms in total. The summed E-state index contributed by atoms with van der Waals surface area (Å²) in [7, 11) is 0. The Labute approximate surface area is 213 Å². The average molecular weight is 496 g/mol. The molecule has 0 aliphatic carbocycles. The summed E-state index contributed by atoms with van der Waals surface area (Å²) in [5, 5.41) is 5.45. The van der Waals surface area contributed by atoms with Crippen LogP contribution < -0.4 is 10.6 Å². The number of carbonyl (C=O) groups excluding carboxylic acids is 3. The zero-order chi connectivity index (χ0) is 26.3. The maximum absolute atomic E-state index is 13.7. The highest BCUT2D eigenvalue weighted by atomic mass is 32.1. The third kappa shape index (κ3) is 7.27. The molecule has 0 aromatic heterocycles. The minimum absolute atomic E-state index is 0.0464. The van der Waals surface area contributed by atoms with Crippen LogP contribution in [0.15, 0.2) is 42.5 Å². The number of rotatable bonds is 7. The molecule has 0 radical (unpaired) electrons. The number of amides is 3. The Morgan fingerprint density at radius 2 is 1.60 bits per heavy atom. The molecule has 0 fully saturated rings. The van der Waals surface area contributed by atoms with E-state index < -0.39 is 35.6 Å². The Morgan fingerprint density at radius 3 is 2.11 bits per heavy atom. The molecule has 0 bridgehead atoms. The van der Waals surface area contributed by atoms with Gasteiger partial charge in [0.1, 0.15) is 17.7 Å². The van der Waals surface area contributed by atoms with Gasteiger partial charge in [0.05, 0.1) is 0 Å². The number of alkyl carbamates (subject to hydrolysis) is 1. The molecule has 186 valence electrons. The topological polar surface area (TPSA) is 87.7 Å². The fourth-order valence-corrected chi connectivity index (χ4v) is 3.81. The molecule has 2 aromatic carbocycles. The first-order chi connectivity index (χ1) is 16.4. The van der Waals surface area contributed by atoms with E-state index in [0.29, 0.717) is 11.3 Å². The Kier molecular flexibility index (Phi) is 9.38. The van der Waals surface area contributed by atoms with Crippen LogP contribution in [-0.2, 0) is 14.3 Å². The molecule has 0 heterocycles. The lowest BCUT2D eigenvalue weighted by atomic mass is 9.98. The predicted molar refractivity (Wildman–Crippen MR) is 141 cm³/mol. The molecule has 2 rings (SSSR count). The number of anilines is 1. The number of para-hydroxylation sites is 1. The monoisotopic (exact) mass is 495 g/mol. The van der Waals surface area contributed by atoms with Crippen molar-refractivity contribution in [3.8, 4) is 12.5 Å². The maximum atomic E-state index is 13.7. The van der Waals surface area contributed by atoms with Crippen molar-refractivity contribution in [3.63, 3.8) is 0 Å². The van der Waals surface area contributed by atoms with Crippen molar-refractivity contribution in [2.24, 2.45) is 0 Å².